The molecule has 1 rings (SSSR count). The molecule has 1 aromatic rings. The van der Waals surface area contributed by atoms with Crippen molar-refractivity contribution in [1.29, 1.82) is 0 Å². The highest BCUT2D eigenvalue weighted by Gasteiger charge is 2.32. The Labute approximate surface area is 81.8 Å². The van der Waals surface area contributed by atoms with Crippen molar-refractivity contribution in [1.82, 2.24) is 0 Å². The average Bonchev–Trinajstić information content (AvgIpc) is 2.14. The highest BCUT2D eigenvalue weighted by molar-refractivity contribution is 5.28. The molecule has 0 spiro atoms. The molecule has 0 aliphatic carbocycles. The third-order valence-electron chi connectivity index (χ3n) is 2.03. The highest BCUT2D eigenvalue weighted by atomic mass is 19.4. The van der Waals surface area contributed by atoms with Crippen molar-refractivity contribution in [2.45, 2.75) is 32.4 Å². The van der Waals surface area contributed by atoms with Crippen LogP contribution in [-0.2, 0) is 12.6 Å². The fourth-order valence-corrected chi connectivity index (χ4v) is 1.31. The van der Waals surface area contributed by atoms with Gasteiger partial charge in [0, 0.05) is 0 Å². The maximum Gasteiger partial charge on any atom is 0.417 e. The molecule has 0 heterocycles. The lowest BCUT2D eigenvalue weighted by Crippen LogP contribution is -2.09. The van der Waals surface area contributed by atoms with Crippen LogP contribution in [-0.4, -0.2) is 0 Å². The lowest BCUT2D eigenvalue weighted by molar-refractivity contribution is -0.138. The molecule has 0 amide bonds. The van der Waals surface area contributed by atoms with Gasteiger partial charge in [-0.2, -0.15) is 13.2 Å². The second kappa shape index (κ2) is 4.49. The van der Waals surface area contributed by atoms with Gasteiger partial charge in [-0.3, -0.25) is 0 Å². The molecule has 0 bridgehead atoms. The van der Waals surface area contributed by atoms with Crippen LogP contribution in [0.25, 0.3) is 0 Å². The number of unbranched alkanes of at least 4 members (excludes halogenated alkanes) is 1. The molecule has 0 unspecified atom stereocenters. The minimum Gasteiger partial charge on any atom is -0.166 e. The van der Waals surface area contributed by atoms with Gasteiger partial charge in [-0.05, 0) is 24.5 Å². The van der Waals surface area contributed by atoms with Gasteiger partial charge in [-0.1, -0.05) is 31.5 Å². The van der Waals surface area contributed by atoms with E-state index >= 15 is 0 Å². The summed E-state index contributed by atoms with van der Waals surface area (Å²) in [5, 5.41) is 0. The molecule has 3 heteroatoms. The molecule has 14 heavy (non-hydrogen) atoms. The Kier molecular flexibility index (Phi) is 3.55. The van der Waals surface area contributed by atoms with Crippen LogP contribution in [0.4, 0.5) is 13.2 Å². The molecule has 0 aromatic heterocycles. The van der Waals surface area contributed by atoms with E-state index in [1.165, 1.54) is 12.1 Å². The van der Waals surface area contributed by atoms with E-state index in [0.717, 1.165) is 12.8 Å². The number of halogens is 3. The van der Waals surface area contributed by atoms with E-state index < -0.39 is 11.7 Å². The van der Waals surface area contributed by atoms with Crippen LogP contribution in [0.1, 0.15) is 30.9 Å². The fraction of sp³-hybridized carbons (Fsp3) is 0.455. The summed E-state index contributed by atoms with van der Waals surface area (Å²) in [7, 11) is 0. The summed E-state index contributed by atoms with van der Waals surface area (Å²) in [6.07, 6.45) is -2.12. The first-order valence-corrected chi connectivity index (χ1v) is 4.62. The Balaban J connectivity index is 2.92. The van der Waals surface area contributed by atoms with E-state index in [1.807, 2.05) is 6.92 Å². The van der Waals surface area contributed by atoms with Crippen molar-refractivity contribution in [3.63, 3.8) is 0 Å². The number of benzene rings is 1. The zero-order valence-electron chi connectivity index (χ0n) is 7.99. The van der Waals surface area contributed by atoms with Gasteiger partial charge in [0.1, 0.15) is 0 Å². The van der Waals surface area contributed by atoms with Crippen LogP contribution >= 0.6 is 0 Å². The molecule has 0 aliphatic heterocycles. The molecule has 1 radical (unpaired) electrons. The maximum absolute atomic E-state index is 12.4. The van der Waals surface area contributed by atoms with E-state index in [1.54, 1.807) is 6.07 Å². The minimum absolute atomic E-state index is 0.349. The summed E-state index contributed by atoms with van der Waals surface area (Å²) in [5.74, 6) is 0. The van der Waals surface area contributed by atoms with E-state index in [9.17, 15) is 13.2 Å². The van der Waals surface area contributed by atoms with Gasteiger partial charge in [0.25, 0.3) is 0 Å². The molecule has 0 fully saturated rings. The molecule has 0 atom stereocenters. The Morgan fingerprint density at radius 2 is 2.07 bits per heavy atom. The lowest BCUT2D eigenvalue weighted by Gasteiger charge is -2.11. The molecule has 0 nitrogen and oxygen atoms in total. The van der Waals surface area contributed by atoms with Crippen LogP contribution in [0.2, 0.25) is 0 Å². The molecule has 0 aliphatic rings. The summed E-state index contributed by atoms with van der Waals surface area (Å²) in [6.45, 7) is 1.96. The zero-order valence-corrected chi connectivity index (χ0v) is 7.99. The molecular weight excluding hydrogens is 189 g/mol. The number of hydrogen-bond donors (Lipinski definition) is 0. The molecule has 0 saturated heterocycles. The average molecular weight is 201 g/mol. The zero-order chi connectivity index (χ0) is 10.6. The summed E-state index contributed by atoms with van der Waals surface area (Å²) < 4.78 is 37.3. The molecule has 0 saturated carbocycles. The number of rotatable bonds is 3. The van der Waals surface area contributed by atoms with Gasteiger partial charge in [-0.25, -0.2) is 0 Å². The van der Waals surface area contributed by atoms with Gasteiger partial charge in [0.05, 0.1) is 5.56 Å². The standard InChI is InChI=1S/C11H12F3/c1-2-3-6-9-7-4-5-8-10(9)11(12,13)14/h4-5,7H,2-3,6H2,1H3. The summed E-state index contributed by atoms with van der Waals surface area (Å²) in [5.41, 5.74) is -0.268. The Morgan fingerprint density at radius 1 is 1.36 bits per heavy atom. The minimum atomic E-state index is -4.27. The van der Waals surface area contributed by atoms with Crippen molar-refractivity contribution in [3.05, 3.63) is 35.4 Å². The van der Waals surface area contributed by atoms with Crippen LogP contribution in [0.3, 0.4) is 0 Å². The predicted octanol–water partition coefficient (Wildman–Crippen LogP) is 3.85. The Bertz CT molecular complexity index is 289. The number of alkyl halides is 3. The summed E-state index contributed by atoms with van der Waals surface area (Å²) in [6, 6.07) is 6.68. The lowest BCUT2D eigenvalue weighted by atomic mass is 10.0. The SMILES string of the molecule is CCCCc1ccc[c]c1C(F)(F)F. The normalized spacial score (nSPS) is 11.7. The van der Waals surface area contributed by atoms with E-state index in [4.69, 9.17) is 0 Å². The molecule has 77 valence electrons. The molecule has 1 aromatic carbocycles. The largest absolute Gasteiger partial charge is 0.417 e. The first kappa shape index (κ1) is 11.1. The topological polar surface area (TPSA) is 0 Å². The second-order valence-electron chi connectivity index (χ2n) is 3.17. The summed E-state index contributed by atoms with van der Waals surface area (Å²) in [4.78, 5) is 0. The van der Waals surface area contributed by atoms with Crippen molar-refractivity contribution >= 4 is 0 Å². The second-order valence-corrected chi connectivity index (χ2v) is 3.17. The van der Waals surface area contributed by atoms with Gasteiger partial charge in [-0.15, -0.1) is 0 Å². The first-order valence-electron chi connectivity index (χ1n) is 4.62. The van der Waals surface area contributed by atoms with Gasteiger partial charge in [0.2, 0.25) is 0 Å². The van der Waals surface area contributed by atoms with E-state index in [0.29, 0.717) is 12.0 Å². The maximum atomic E-state index is 12.4. The van der Waals surface area contributed by atoms with E-state index in [-0.39, 0.29) is 0 Å². The van der Waals surface area contributed by atoms with Crippen LogP contribution in [0.5, 0.6) is 0 Å². The van der Waals surface area contributed by atoms with E-state index in [2.05, 4.69) is 6.07 Å². The van der Waals surface area contributed by atoms with Gasteiger partial charge < -0.3 is 0 Å². The monoisotopic (exact) mass is 201 g/mol. The Hall–Kier alpha value is -0.990. The Morgan fingerprint density at radius 3 is 2.64 bits per heavy atom. The smallest absolute Gasteiger partial charge is 0.166 e. The predicted molar refractivity (Wildman–Crippen MR) is 48.9 cm³/mol. The fourth-order valence-electron chi connectivity index (χ4n) is 1.31. The quantitative estimate of drug-likeness (QED) is 0.696. The van der Waals surface area contributed by atoms with Crippen molar-refractivity contribution in [2.24, 2.45) is 0 Å². The highest BCUT2D eigenvalue weighted by Crippen LogP contribution is 2.31. The van der Waals surface area contributed by atoms with Crippen molar-refractivity contribution < 1.29 is 13.2 Å². The third kappa shape index (κ3) is 2.76. The first-order chi connectivity index (χ1) is 6.55. The van der Waals surface area contributed by atoms with Gasteiger partial charge >= 0.3 is 6.18 Å². The number of aryl methyl sites for hydroxylation is 1. The van der Waals surface area contributed by atoms with Gasteiger partial charge in [0.15, 0.2) is 0 Å². The van der Waals surface area contributed by atoms with Crippen LogP contribution in [0.15, 0.2) is 18.2 Å². The number of hydrogen-bond acceptors (Lipinski definition) is 0. The molecular formula is C11H12F3. The van der Waals surface area contributed by atoms with Crippen molar-refractivity contribution in [3.8, 4) is 0 Å². The van der Waals surface area contributed by atoms with Crippen LogP contribution in [0, 0.1) is 6.07 Å². The summed E-state index contributed by atoms with van der Waals surface area (Å²) >= 11 is 0. The van der Waals surface area contributed by atoms with Crippen molar-refractivity contribution in [2.75, 3.05) is 0 Å². The molecule has 0 N–H and O–H groups in total. The van der Waals surface area contributed by atoms with Crippen LogP contribution < -0.4 is 0 Å². The third-order valence-corrected chi connectivity index (χ3v) is 2.03.